The van der Waals surface area contributed by atoms with Gasteiger partial charge in [0.1, 0.15) is 0 Å². The van der Waals surface area contributed by atoms with Gasteiger partial charge in [0, 0.05) is 5.02 Å². The monoisotopic (exact) mass is 680 g/mol. The Morgan fingerprint density at radius 3 is 1.71 bits per heavy atom. The molecule has 0 amide bonds. The second kappa shape index (κ2) is 12.2. The van der Waals surface area contributed by atoms with Crippen LogP contribution in [0.1, 0.15) is 22.3 Å². The molecule has 0 spiro atoms. The molecule has 0 radical (unpaired) electrons. The van der Waals surface area contributed by atoms with Crippen molar-refractivity contribution in [2.24, 2.45) is 0 Å². The van der Waals surface area contributed by atoms with Crippen molar-refractivity contribution in [3.8, 4) is 44.5 Å². The fraction of sp³-hybridized carbons (Fsp3) is 0.0196. The van der Waals surface area contributed by atoms with Gasteiger partial charge in [-0.2, -0.15) is 0 Å². The molecule has 52 heavy (non-hydrogen) atoms. The molecule has 244 valence electrons. The first kappa shape index (κ1) is 30.6. The molecule has 9 aromatic rings. The van der Waals surface area contributed by atoms with Crippen molar-refractivity contribution in [2.75, 3.05) is 0 Å². The number of fused-ring (bicyclic) bond motifs is 5. The number of rotatable bonds is 5. The summed E-state index contributed by atoms with van der Waals surface area (Å²) in [7, 11) is 0. The zero-order valence-corrected chi connectivity index (χ0v) is 29.2. The van der Waals surface area contributed by atoms with Crippen molar-refractivity contribution in [3.05, 3.63) is 227 Å². The van der Waals surface area contributed by atoms with Gasteiger partial charge in [-0.1, -0.05) is 194 Å². The van der Waals surface area contributed by atoms with Gasteiger partial charge >= 0.3 is 0 Å². The van der Waals surface area contributed by atoms with Crippen LogP contribution in [-0.2, 0) is 5.41 Å². The maximum absolute atomic E-state index is 6.44. The molecule has 0 N–H and O–H groups in total. The summed E-state index contributed by atoms with van der Waals surface area (Å²) in [5.74, 6) is 0. The standard InChI is InChI=1S/C51H33Cl/c52-39-30-27-36(28-31-39)42-32-29-37(41-22-10-15-34-13-4-6-19-40(34)41)33-46(42)44-23-12-26-49-50(44)45-21-8-9-24-48(45)51(49,38-17-2-1-3-18-38)47-25-11-16-35-14-5-7-20-43(35)47/h1-33H. The highest BCUT2D eigenvalue weighted by atomic mass is 35.5. The van der Waals surface area contributed by atoms with E-state index in [-0.39, 0.29) is 0 Å². The van der Waals surface area contributed by atoms with Gasteiger partial charge in [0.25, 0.3) is 0 Å². The summed E-state index contributed by atoms with van der Waals surface area (Å²) in [5.41, 5.74) is 14.3. The van der Waals surface area contributed by atoms with Crippen molar-refractivity contribution in [1.82, 2.24) is 0 Å². The van der Waals surface area contributed by atoms with Gasteiger partial charge in [-0.05, 0) is 107 Å². The molecule has 0 aliphatic heterocycles. The quantitative estimate of drug-likeness (QED) is 0.170. The molecule has 1 aliphatic rings. The summed E-state index contributed by atoms with van der Waals surface area (Å²) in [4.78, 5) is 0. The van der Waals surface area contributed by atoms with Crippen LogP contribution in [0.4, 0.5) is 0 Å². The third-order valence-electron chi connectivity index (χ3n) is 11.0. The van der Waals surface area contributed by atoms with E-state index in [2.05, 4.69) is 188 Å². The number of hydrogen-bond acceptors (Lipinski definition) is 0. The lowest BCUT2D eigenvalue weighted by molar-refractivity contribution is 0.776. The third kappa shape index (κ3) is 4.62. The Morgan fingerprint density at radius 1 is 0.327 bits per heavy atom. The fourth-order valence-electron chi connectivity index (χ4n) is 8.84. The van der Waals surface area contributed by atoms with Crippen LogP contribution in [0.3, 0.4) is 0 Å². The molecule has 0 saturated heterocycles. The van der Waals surface area contributed by atoms with E-state index < -0.39 is 5.41 Å². The molecule has 1 unspecified atom stereocenters. The van der Waals surface area contributed by atoms with Crippen molar-refractivity contribution in [1.29, 1.82) is 0 Å². The van der Waals surface area contributed by atoms with Crippen molar-refractivity contribution < 1.29 is 0 Å². The van der Waals surface area contributed by atoms with Crippen LogP contribution in [0.25, 0.3) is 66.1 Å². The van der Waals surface area contributed by atoms with Crippen molar-refractivity contribution in [3.63, 3.8) is 0 Å². The molecule has 1 heteroatoms. The minimum atomic E-state index is -0.530. The predicted octanol–water partition coefficient (Wildman–Crippen LogP) is 14.0. The molecule has 0 fully saturated rings. The maximum Gasteiger partial charge on any atom is 0.0719 e. The molecular weight excluding hydrogens is 648 g/mol. The molecule has 0 heterocycles. The summed E-state index contributed by atoms with van der Waals surface area (Å²) in [6, 6.07) is 73.2. The van der Waals surface area contributed by atoms with Gasteiger partial charge in [0.05, 0.1) is 5.41 Å². The van der Waals surface area contributed by atoms with E-state index in [9.17, 15) is 0 Å². The lowest BCUT2D eigenvalue weighted by Gasteiger charge is -2.35. The number of benzene rings is 9. The predicted molar refractivity (Wildman–Crippen MR) is 220 cm³/mol. The van der Waals surface area contributed by atoms with Gasteiger partial charge in [-0.3, -0.25) is 0 Å². The van der Waals surface area contributed by atoms with Gasteiger partial charge < -0.3 is 0 Å². The highest BCUT2D eigenvalue weighted by Crippen LogP contribution is 2.59. The lowest BCUT2D eigenvalue weighted by atomic mass is 9.66. The Morgan fingerprint density at radius 2 is 0.885 bits per heavy atom. The molecule has 1 aliphatic carbocycles. The third-order valence-corrected chi connectivity index (χ3v) is 11.3. The lowest BCUT2D eigenvalue weighted by Crippen LogP contribution is -2.28. The normalized spacial score (nSPS) is 14.7. The van der Waals surface area contributed by atoms with Crippen LogP contribution in [-0.4, -0.2) is 0 Å². The summed E-state index contributed by atoms with van der Waals surface area (Å²) >= 11 is 6.44. The molecular formula is C51H33Cl. The Balaban J connectivity index is 1.32. The first-order valence-corrected chi connectivity index (χ1v) is 18.3. The fourth-order valence-corrected chi connectivity index (χ4v) is 8.97. The van der Waals surface area contributed by atoms with Crippen LogP contribution in [0.2, 0.25) is 5.02 Å². The van der Waals surface area contributed by atoms with Gasteiger partial charge in [-0.25, -0.2) is 0 Å². The van der Waals surface area contributed by atoms with E-state index in [1.807, 2.05) is 12.1 Å². The SMILES string of the molecule is Clc1ccc(-c2ccc(-c3cccc4ccccc34)cc2-c2cccc3c2-c2ccccc2C3(c2ccccc2)c2cccc3ccccc23)cc1. The molecule has 0 nitrogen and oxygen atoms in total. The smallest absolute Gasteiger partial charge is 0.0719 e. The van der Waals surface area contributed by atoms with E-state index in [0.29, 0.717) is 0 Å². The summed E-state index contributed by atoms with van der Waals surface area (Å²) < 4.78 is 0. The van der Waals surface area contributed by atoms with Gasteiger partial charge in [0.2, 0.25) is 0 Å². The minimum absolute atomic E-state index is 0.530. The van der Waals surface area contributed by atoms with E-state index in [1.165, 1.54) is 82.7 Å². The van der Waals surface area contributed by atoms with Crippen LogP contribution in [0, 0.1) is 0 Å². The summed E-state index contributed by atoms with van der Waals surface area (Å²) in [6.45, 7) is 0. The first-order valence-electron chi connectivity index (χ1n) is 17.9. The first-order chi connectivity index (χ1) is 25.7. The highest BCUT2D eigenvalue weighted by Gasteiger charge is 2.47. The summed E-state index contributed by atoms with van der Waals surface area (Å²) in [6.07, 6.45) is 0. The van der Waals surface area contributed by atoms with Crippen LogP contribution in [0.15, 0.2) is 200 Å². The van der Waals surface area contributed by atoms with Crippen molar-refractivity contribution >= 4 is 33.1 Å². The Kier molecular flexibility index (Phi) is 7.20. The molecule has 0 aromatic heterocycles. The second-order valence-corrected chi connectivity index (χ2v) is 14.1. The molecule has 1 atom stereocenters. The molecule has 0 bridgehead atoms. The zero-order chi connectivity index (χ0) is 34.6. The Labute approximate surface area is 309 Å². The van der Waals surface area contributed by atoms with E-state index in [1.54, 1.807) is 0 Å². The topological polar surface area (TPSA) is 0 Å². The zero-order valence-electron chi connectivity index (χ0n) is 28.4. The largest absolute Gasteiger partial charge is 0.0843 e. The Bertz CT molecular complexity index is 2780. The van der Waals surface area contributed by atoms with Crippen LogP contribution >= 0.6 is 11.6 Å². The van der Waals surface area contributed by atoms with Gasteiger partial charge in [-0.15, -0.1) is 0 Å². The number of halogens is 1. The summed E-state index contributed by atoms with van der Waals surface area (Å²) in [5, 5.41) is 5.72. The van der Waals surface area contributed by atoms with E-state index >= 15 is 0 Å². The molecule has 9 aromatic carbocycles. The average molecular weight is 681 g/mol. The number of hydrogen-bond donors (Lipinski definition) is 0. The highest BCUT2D eigenvalue weighted by molar-refractivity contribution is 6.30. The maximum atomic E-state index is 6.44. The van der Waals surface area contributed by atoms with Gasteiger partial charge in [0.15, 0.2) is 0 Å². The Hall–Kier alpha value is -6.21. The van der Waals surface area contributed by atoms with E-state index in [0.717, 1.165) is 10.6 Å². The average Bonchev–Trinajstić information content (AvgIpc) is 3.52. The minimum Gasteiger partial charge on any atom is -0.0843 e. The van der Waals surface area contributed by atoms with E-state index in [4.69, 9.17) is 11.6 Å². The molecule has 0 saturated carbocycles. The second-order valence-electron chi connectivity index (χ2n) is 13.7. The van der Waals surface area contributed by atoms with Crippen molar-refractivity contribution in [2.45, 2.75) is 5.41 Å². The molecule has 10 rings (SSSR count). The van der Waals surface area contributed by atoms with Crippen LogP contribution in [0.5, 0.6) is 0 Å². The van der Waals surface area contributed by atoms with Crippen LogP contribution < -0.4 is 0 Å².